The van der Waals surface area contributed by atoms with Gasteiger partial charge in [-0.05, 0) is 6.92 Å². The third-order valence-corrected chi connectivity index (χ3v) is 4.42. The van der Waals surface area contributed by atoms with Crippen LogP contribution in [0.1, 0.15) is 13.3 Å². The molecule has 0 aliphatic carbocycles. The summed E-state index contributed by atoms with van der Waals surface area (Å²) in [6, 6.07) is 5.57. The number of aryl methyl sites for hydroxylation is 1. The number of rotatable bonds is 3. The molecule has 3 heterocycles. The lowest BCUT2D eigenvalue weighted by atomic mass is 10.2. The molecular weight excluding hydrogens is 304 g/mol. The van der Waals surface area contributed by atoms with Crippen molar-refractivity contribution in [2.45, 2.75) is 19.9 Å². The van der Waals surface area contributed by atoms with E-state index in [1.807, 2.05) is 34.7 Å². The fourth-order valence-electron chi connectivity index (χ4n) is 3.03. The minimum absolute atomic E-state index is 0.0106. The molecule has 0 atom stereocenters. The number of pyridine rings is 2. The summed E-state index contributed by atoms with van der Waals surface area (Å²) in [7, 11) is 0. The molecule has 124 valence electrons. The number of nitriles is 1. The third kappa shape index (κ3) is 2.95. The lowest BCUT2D eigenvalue weighted by Gasteiger charge is -2.36. The Morgan fingerprint density at radius 2 is 2.12 bits per heavy atom. The van der Waals surface area contributed by atoms with Crippen LogP contribution in [0.2, 0.25) is 0 Å². The van der Waals surface area contributed by atoms with Crippen molar-refractivity contribution < 1.29 is 0 Å². The lowest BCUT2D eigenvalue weighted by Crippen LogP contribution is -2.48. The topological polar surface area (TPSA) is 89.0 Å². The van der Waals surface area contributed by atoms with Gasteiger partial charge in [-0.25, -0.2) is 4.98 Å². The number of hydrogen-bond donors (Lipinski definition) is 1. The van der Waals surface area contributed by atoms with Crippen molar-refractivity contribution in [3.63, 3.8) is 0 Å². The van der Waals surface area contributed by atoms with E-state index in [4.69, 9.17) is 10.7 Å². The maximum atomic E-state index is 12.0. The molecule has 3 rings (SSSR count). The van der Waals surface area contributed by atoms with E-state index >= 15 is 0 Å². The summed E-state index contributed by atoms with van der Waals surface area (Å²) in [5.74, 6) is 1.23. The second-order valence-corrected chi connectivity index (χ2v) is 5.78. The zero-order valence-corrected chi connectivity index (χ0v) is 13.7. The molecule has 2 aromatic rings. The third-order valence-electron chi connectivity index (χ3n) is 4.42. The summed E-state index contributed by atoms with van der Waals surface area (Å²) >= 11 is 0. The smallest absolute Gasteiger partial charge is 0.190 e. The van der Waals surface area contributed by atoms with Gasteiger partial charge in [-0.15, -0.1) is 0 Å². The summed E-state index contributed by atoms with van der Waals surface area (Å²) in [6.45, 7) is 5.74. The Hall–Kier alpha value is -2.88. The molecule has 24 heavy (non-hydrogen) atoms. The van der Waals surface area contributed by atoms with Gasteiger partial charge < -0.3 is 14.4 Å². The Bertz CT molecular complexity index is 857. The van der Waals surface area contributed by atoms with E-state index in [1.54, 1.807) is 12.3 Å². The fraction of sp³-hybridized carbons (Fsp3) is 0.412. The first-order valence-electron chi connectivity index (χ1n) is 8.07. The highest BCUT2D eigenvalue weighted by atomic mass is 16.1. The largest absolute Gasteiger partial charge is 0.356 e. The van der Waals surface area contributed by atoms with Gasteiger partial charge >= 0.3 is 0 Å². The number of piperazine rings is 1. The normalized spacial score (nSPS) is 14.7. The molecule has 1 fully saturated rings. The summed E-state index contributed by atoms with van der Waals surface area (Å²) in [6.07, 6.45) is 3.62. The first-order chi connectivity index (χ1) is 11.6. The monoisotopic (exact) mass is 324 g/mol. The molecular formula is C17H20N6O. The molecule has 0 unspecified atom stereocenters. The molecule has 1 aliphatic heterocycles. The molecule has 1 N–H and O–H groups in total. The molecule has 7 heteroatoms. The van der Waals surface area contributed by atoms with Gasteiger partial charge in [0.1, 0.15) is 11.7 Å². The Morgan fingerprint density at radius 1 is 1.38 bits per heavy atom. The van der Waals surface area contributed by atoms with Crippen LogP contribution < -0.4 is 10.3 Å². The Labute approximate surface area is 140 Å². The number of nitrogens with one attached hydrogen (secondary N) is 1. The second-order valence-electron chi connectivity index (χ2n) is 5.78. The lowest BCUT2D eigenvalue weighted by molar-refractivity contribution is 0.378. The molecule has 0 aromatic carbocycles. The van der Waals surface area contributed by atoms with Crippen LogP contribution >= 0.6 is 0 Å². The number of amidine groups is 1. The molecule has 7 nitrogen and oxygen atoms in total. The SMILES string of the molecule is CCn1ccc(=O)c2cnc(N3CCN(C(=N)CC#N)CC3)cc21. The summed E-state index contributed by atoms with van der Waals surface area (Å²) < 4.78 is 2.04. The maximum absolute atomic E-state index is 12.0. The summed E-state index contributed by atoms with van der Waals surface area (Å²) in [5, 5.41) is 17.2. The van der Waals surface area contributed by atoms with Crippen LogP contribution in [0.4, 0.5) is 5.82 Å². The highest BCUT2D eigenvalue weighted by Gasteiger charge is 2.20. The van der Waals surface area contributed by atoms with Gasteiger partial charge in [-0.1, -0.05) is 0 Å². The number of anilines is 1. The summed E-state index contributed by atoms with van der Waals surface area (Å²) in [5.41, 5.74) is 0.887. The molecule has 1 aliphatic rings. The molecule has 2 aromatic heterocycles. The van der Waals surface area contributed by atoms with Gasteiger partial charge in [0.05, 0.1) is 23.4 Å². The molecule has 0 saturated carbocycles. The number of hydrogen-bond acceptors (Lipinski definition) is 5. The van der Waals surface area contributed by atoms with Gasteiger partial charge in [-0.2, -0.15) is 5.26 Å². The van der Waals surface area contributed by atoms with Gasteiger partial charge in [0.2, 0.25) is 0 Å². The molecule has 0 bridgehead atoms. The molecule has 0 amide bonds. The van der Waals surface area contributed by atoms with Crippen molar-refractivity contribution in [2.75, 3.05) is 31.1 Å². The van der Waals surface area contributed by atoms with Crippen LogP contribution in [0.15, 0.2) is 29.3 Å². The van der Waals surface area contributed by atoms with Crippen molar-refractivity contribution in [3.8, 4) is 6.07 Å². The van der Waals surface area contributed by atoms with Crippen LogP contribution in [0.5, 0.6) is 0 Å². The Balaban J connectivity index is 1.83. The minimum atomic E-state index is -0.0106. The highest BCUT2D eigenvalue weighted by Crippen LogP contribution is 2.19. The van der Waals surface area contributed by atoms with Crippen LogP contribution in [0.25, 0.3) is 10.9 Å². The zero-order chi connectivity index (χ0) is 17.1. The van der Waals surface area contributed by atoms with Crippen molar-refractivity contribution >= 4 is 22.6 Å². The van der Waals surface area contributed by atoms with Crippen LogP contribution in [-0.4, -0.2) is 46.5 Å². The summed E-state index contributed by atoms with van der Waals surface area (Å²) in [4.78, 5) is 20.5. The van der Waals surface area contributed by atoms with Crippen molar-refractivity contribution in [1.29, 1.82) is 10.7 Å². The molecule has 0 radical (unpaired) electrons. The van der Waals surface area contributed by atoms with E-state index in [1.165, 1.54) is 0 Å². The van der Waals surface area contributed by atoms with Gasteiger partial charge in [-0.3, -0.25) is 10.2 Å². The zero-order valence-electron chi connectivity index (χ0n) is 13.7. The van der Waals surface area contributed by atoms with E-state index < -0.39 is 0 Å². The Kier molecular flexibility index (Phi) is 4.47. The van der Waals surface area contributed by atoms with Crippen molar-refractivity contribution in [1.82, 2.24) is 14.5 Å². The van der Waals surface area contributed by atoms with Gasteiger partial charge in [0, 0.05) is 57.3 Å². The van der Waals surface area contributed by atoms with Crippen molar-refractivity contribution in [3.05, 3.63) is 34.7 Å². The first kappa shape index (κ1) is 16.0. The predicted molar refractivity (Wildman–Crippen MR) is 93.4 cm³/mol. The van der Waals surface area contributed by atoms with E-state index in [0.717, 1.165) is 31.0 Å². The van der Waals surface area contributed by atoms with Crippen LogP contribution in [0, 0.1) is 16.7 Å². The standard InChI is InChI=1S/C17H20N6O/c1-2-21-6-4-15(24)13-12-20-17(11-14(13)21)23-9-7-22(8-10-23)16(19)3-5-18/h4,6,11-12,19H,2-3,7-10H2,1H3. The Morgan fingerprint density at radius 3 is 2.79 bits per heavy atom. The minimum Gasteiger partial charge on any atom is -0.356 e. The fourth-order valence-corrected chi connectivity index (χ4v) is 3.03. The van der Waals surface area contributed by atoms with E-state index in [9.17, 15) is 4.79 Å². The van der Waals surface area contributed by atoms with Gasteiger partial charge in [0.25, 0.3) is 0 Å². The molecule has 0 spiro atoms. The predicted octanol–water partition coefficient (Wildman–Crippen LogP) is 1.43. The molecule has 1 saturated heterocycles. The number of aromatic nitrogens is 2. The first-order valence-corrected chi connectivity index (χ1v) is 8.07. The number of fused-ring (bicyclic) bond motifs is 1. The number of nitrogens with zero attached hydrogens (tertiary/aromatic N) is 5. The van der Waals surface area contributed by atoms with E-state index in [2.05, 4.69) is 9.88 Å². The average Bonchev–Trinajstić information content (AvgIpc) is 2.62. The van der Waals surface area contributed by atoms with Gasteiger partial charge in [0.15, 0.2) is 5.43 Å². The highest BCUT2D eigenvalue weighted by molar-refractivity contribution is 5.82. The van der Waals surface area contributed by atoms with E-state index in [0.29, 0.717) is 24.3 Å². The average molecular weight is 324 g/mol. The van der Waals surface area contributed by atoms with Crippen molar-refractivity contribution in [2.24, 2.45) is 0 Å². The van der Waals surface area contributed by atoms with Crippen LogP contribution in [0.3, 0.4) is 0 Å². The van der Waals surface area contributed by atoms with Crippen LogP contribution in [-0.2, 0) is 6.54 Å². The quantitative estimate of drug-likeness (QED) is 0.681. The van der Waals surface area contributed by atoms with E-state index in [-0.39, 0.29) is 11.8 Å². The maximum Gasteiger partial charge on any atom is 0.190 e. The second kappa shape index (κ2) is 6.71.